The molecule has 0 aliphatic carbocycles. The summed E-state index contributed by atoms with van der Waals surface area (Å²) in [6.07, 6.45) is 5.71. The molecule has 18 heavy (non-hydrogen) atoms. The van der Waals surface area contributed by atoms with Crippen LogP contribution in [0.2, 0.25) is 0 Å². The van der Waals surface area contributed by atoms with Gasteiger partial charge in [0.25, 0.3) is 0 Å². The molecule has 2 heterocycles. The zero-order valence-corrected chi connectivity index (χ0v) is 10.9. The molecule has 1 aliphatic rings. The minimum atomic E-state index is 0.0922. The topological polar surface area (TPSA) is 43.2 Å². The van der Waals surface area contributed by atoms with Gasteiger partial charge in [-0.05, 0) is 18.6 Å². The van der Waals surface area contributed by atoms with E-state index in [9.17, 15) is 5.26 Å². The molecular formula is C14H20N4. The van der Waals surface area contributed by atoms with Gasteiger partial charge in [-0.1, -0.05) is 13.3 Å². The molecular weight excluding hydrogens is 224 g/mol. The molecule has 0 radical (unpaired) electrons. The lowest BCUT2D eigenvalue weighted by Crippen LogP contribution is -2.50. The molecule has 4 heteroatoms. The first-order chi connectivity index (χ1) is 8.85. The van der Waals surface area contributed by atoms with E-state index in [4.69, 9.17) is 0 Å². The summed E-state index contributed by atoms with van der Waals surface area (Å²) in [5.41, 5.74) is 1.23. The van der Waals surface area contributed by atoms with E-state index in [1.807, 2.05) is 24.5 Å². The van der Waals surface area contributed by atoms with Crippen LogP contribution in [0.3, 0.4) is 0 Å². The van der Waals surface area contributed by atoms with Crippen molar-refractivity contribution in [2.24, 2.45) is 0 Å². The first-order valence-electron chi connectivity index (χ1n) is 6.63. The van der Waals surface area contributed by atoms with Crippen molar-refractivity contribution in [2.45, 2.75) is 25.8 Å². The summed E-state index contributed by atoms with van der Waals surface area (Å²) >= 11 is 0. The third-order valence-electron chi connectivity index (χ3n) is 3.49. The van der Waals surface area contributed by atoms with E-state index in [-0.39, 0.29) is 6.04 Å². The second kappa shape index (κ2) is 6.36. The molecule has 1 saturated heterocycles. The summed E-state index contributed by atoms with van der Waals surface area (Å²) < 4.78 is 0. The Morgan fingerprint density at radius 3 is 2.50 bits per heavy atom. The Labute approximate surface area is 109 Å². The predicted octanol–water partition coefficient (Wildman–Crippen LogP) is 1.90. The third kappa shape index (κ3) is 2.99. The standard InChI is InChI=1S/C14H20N4/c1-2-3-14(12-15)18-10-8-17(9-11-18)13-4-6-16-7-5-13/h4-7,14H,2-3,8-11H2,1H3. The Kier molecular flexibility index (Phi) is 4.54. The first kappa shape index (κ1) is 12.8. The summed E-state index contributed by atoms with van der Waals surface area (Å²) in [6, 6.07) is 6.61. The Morgan fingerprint density at radius 2 is 1.94 bits per heavy atom. The summed E-state index contributed by atoms with van der Waals surface area (Å²) in [4.78, 5) is 8.71. The Hall–Kier alpha value is -1.60. The molecule has 0 N–H and O–H groups in total. The van der Waals surface area contributed by atoms with Crippen molar-refractivity contribution in [3.05, 3.63) is 24.5 Å². The Bertz CT molecular complexity index is 390. The maximum absolute atomic E-state index is 9.18. The molecule has 1 atom stereocenters. The van der Waals surface area contributed by atoms with E-state index in [0.717, 1.165) is 39.0 Å². The molecule has 1 aliphatic heterocycles. The van der Waals surface area contributed by atoms with Gasteiger partial charge in [-0.25, -0.2) is 0 Å². The smallest absolute Gasteiger partial charge is 0.0979 e. The number of hydrogen-bond donors (Lipinski definition) is 0. The average molecular weight is 244 g/mol. The molecule has 0 aromatic carbocycles. The fraction of sp³-hybridized carbons (Fsp3) is 0.571. The third-order valence-corrected chi connectivity index (χ3v) is 3.49. The van der Waals surface area contributed by atoms with Gasteiger partial charge in [0.1, 0.15) is 0 Å². The zero-order valence-electron chi connectivity index (χ0n) is 10.9. The Morgan fingerprint density at radius 1 is 1.28 bits per heavy atom. The van der Waals surface area contributed by atoms with Gasteiger partial charge in [-0.15, -0.1) is 0 Å². The van der Waals surface area contributed by atoms with Crippen molar-refractivity contribution in [1.29, 1.82) is 5.26 Å². The number of nitrogens with zero attached hydrogens (tertiary/aromatic N) is 4. The molecule has 1 aromatic heterocycles. The second-order valence-corrected chi connectivity index (χ2v) is 4.66. The molecule has 96 valence electrons. The monoisotopic (exact) mass is 244 g/mol. The van der Waals surface area contributed by atoms with Crippen molar-refractivity contribution >= 4 is 5.69 Å². The van der Waals surface area contributed by atoms with Crippen LogP contribution in [0.1, 0.15) is 19.8 Å². The van der Waals surface area contributed by atoms with Crippen molar-refractivity contribution in [2.75, 3.05) is 31.1 Å². The first-order valence-corrected chi connectivity index (χ1v) is 6.63. The van der Waals surface area contributed by atoms with Crippen LogP contribution >= 0.6 is 0 Å². The minimum Gasteiger partial charge on any atom is -0.369 e. The van der Waals surface area contributed by atoms with E-state index in [1.165, 1.54) is 5.69 Å². The van der Waals surface area contributed by atoms with Crippen molar-refractivity contribution < 1.29 is 0 Å². The van der Waals surface area contributed by atoms with Crippen LogP contribution in [-0.2, 0) is 0 Å². The van der Waals surface area contributed by atoms with E-state index >= 15 is 0 Å². The lowest BCUT2D eigenvalue weighted by atomic mass is 10.1. The molecule has 1 unspecified atom stereocenters. The highest BCUT2D eigenvalue weighted by Gasteiger charge is 2.22. The largest absolute Gasteiger partial charge is 0.369 e. The van der Waals surface area contributed by atoms with Crippen molar-refractivity contribution in [3.8, 4) is 6.07 Å². The SMILES string of the molecule is CCCC(C#N)N1CCN(c2ccncc2)CC1. The zero-order chi connectivity index (χ0) is 12.8. The van der Waals surface area contributed by atoms with Gasteiger partial charge < -0.3 is 4.90 Å². The highest BCUT2D eigenvalue weighted by molar-refractivity contribution is 5.45. The summed E-state index contributed by atoms with van der Waals surface area (Å²) in [5.74, 6) is 0. The molecule has 1 fully saturated rings. The molecule has 4 nitrogen and oxygen atoms in total. The molecule has 2 rings (SSSR count). The van der Waals surface area contributed by atoms with E-state index in [2.05, 4.69) is 27.8 Å². The lowest BCUT2D eigenvalue weighted by Gasteiger charge is -2.38. The Balaban J connectivity index is 1.90. The average Bonchev–Trinajstić information content (AvgIpc) is 2.46. The maximum atomic E-state index is 9.18. The number of hydrogen-bond acceptors (Lipinski definition) is 4. The van der Waals surface area contributed by atoms with Gasteiger partial charge in [0.05, 0.1) is 12.1 Å². The summed E-state index contributed by atoms with van der Waals surface area (Å²) in [5, 5.41) is 9.18. The van der Waals surface area contributed by atoms with Gasteiger partial charge in [0.15, 0.2) is 0 Å². The number of pyridine rings is 1. The maximum Gasteiger partial charge on any atom is 0.0979 e. The number of piperazine rings is 1. The van der Waals surface area contributed by atoms with E-state index in [1.54, 1.807) is 0 Å². The normalized spacial score (nSPS) is 18.3. The van der Waals surface area contributed by atoms with Crippen LogP contribution in [-0.4, -0.2) is 42.1 Å². The lowest BCUT2D eigenvalue weighted by molar-refractivity contribution is 0.211. The van der Waals surface area contributed by atoms with E-state index in [0.29, 0.717) is 0 Å². The van der Waals surface area contributed by atoms with Crippen LogP contribution in [0.15, 0.2) is 24.5 Å². The highest BCUT2D eigenvalue weighted by Crippen LogP contribution is 2.17. The van der Waals surface area contributed by atoms with Crippen LogP contribution < -0.4 is 4.90 Å². The van der Waals surface area contributed by atoms with Crippen LogP contribution in [0.5, 0.6) is 0 Å². The molecule has 0 bridgehead atoms. The van der Waals surface area contributed by atoms with Crippen molar-refractivity contribution in [3.63, 3.8) is 0 Å². The number of nitriles is 1. The molecule has 0 amide bonds. The molecule has 0 spiro atoms. The highest BCUT2D eigenvalue weighted by atomic mass is 15.3. The van der Waals surface area contributed by atoms with Gasteiger partial charge in [0.2, 0.25) is 0 Å². The van der Waals surface area contributed by atoms with Crippen LogP contribution in [0.4, 0.5) is 5.69 Å². The molecule has 1 aromatic rings. The molecule has 0 saturated carbocycles. The van der Waals surface area contributed by atoms with Crippen molar-refractivity contribution in [1.82, 2.24) is 9.88 Å². The number of rotatable bonds is 4. The van der Waals surface area contributed by atoms with Crippen LogP contribution in [0, 0.1) is 11.3 Å². The summed E-state index contributed by atoms with van der Waals surface area (Å²) in [6.45, 7) is 6.07. The van der Waals surface area contributed by atoms with Gasteiger partial charge in [-0.2, -0.15) is 5.26 Å². The fourth-order valence-electron chi connectivity index (χ4n) is 2.45. The quantitative estimate of drug-likeness (QED) is 0.811. The van der Waals surface area contributed by atoms with Gasteiger partial charge in [-0.3, -0.25) is 9.88 Å². The summed E-state index contributed by atoms with van der Waals surface area (Å²) in [7, 11) is 0. The van der Waals surface area contributed by atoms with Gasteiger partial charge >= 0.3 is 0 Å². The minimum absolute atomic E-state index is 0.0922. The fourth-order valence-corrected chi connectivity index (χ4v) is 2.45. The van der Waals surface area contributed by atoms with Gasteiger partial charge in [0, 0.05) is 44.3 Å². The predicted molar refractivity (Wildman–Crippen MR) is 72.3 cm³/mol. The number of anilines is 1. The second-order valence-electron chi connectivity index (χ2n) is 4.66. The number of aromatic nitrogens is 1. The van der Waals surface area contributed by atoms with Crippen LogP contribution in [0.25, 0.3) is 0 Å². The van der Waals surface area contributed by atoms with E-state index < -0.39 is 0 Å².